The van der Waals surface area contributed by atoms with Gasteiger partial charge in [-0.1, -0.05) is 12.1 Å². The number of amides is 4. The van der Waals surface area contributed by atoms with Gasteiger partial charge in [0.25, 0.3) is 11.8 Å². The van der Waals surface area contributed by atoms with Gasteiger partial charge in [-0.25, -0.2) is 13.6 Å². The van der Waals surface area contributed by atoms with Gasteiger partial charge in [-0.15, -0.1) is 0 Å². The Labute approximate surface area is 177 Å². The monoisotopic (exact) mass is 433 g/mol. The number of rotatable bonds is 7. The number of anilines is 1. The Morgan fingerprint density at radius 3 is 2.48 bits per heavy atom. The van der Waals surface area contributed by atoms with E-state index in [0.29, 0.717) is 11.8 Å². The topological polar surface area (TPSA) is 114 Å². The Balaban J connectivity index is 1.69. The van der Waals surface area contributed by atoms with Crippen LogP contribution in [0, 0.1) is 25.5 Å². The second-order valence-corrected chi connectivity index (χ2v) is 6.54. The van der Waals surface area contributed by atoms with E-state index in [1.54, 1.807) is 12.1 Å². The highest BCUT2D eigenvalue weighted by atomic mass is 19.1. The van der Waals surface area contributed by atoms with E-state index in [0.717, 1.165) is 23.3 Å². The van der Waals surface area contributed by atoms with Gasteiger partial charge in [0.2, 0.25) is 0 Å². The molecule has 2 aromatic carbocycles. The van der Waals surface area contributed by atoms with Crippen LogP contribution in [0.5, 0.6) is 0 Å². The van der Waals surface area contributed by atoms with Gasteiger partial charge in [0.15, 0.2) is 6.61 Å². The number of carbonyl (C=O) groups is 4. The number of benzene rings is 2. The fraction of sp³-hybridized carbons (Fsp3) is 0.238. The number of ether oxygens (including phenoxy) is 1. The van der Waals surface area contributed by atoms with Crippen LogP contribution >= 0.6 is 0 Å². The molecule has 10 heteroatoms. The van der Waals surface area contributed by atoms with Gasteiger partial charge in [0.1, 0.15) is 11.6 Å². The SMILES string of the molecule is Cc1cccc(NC(=O)NC(=O)COC(=O)CCNC(=O)c2ccc(F)cc2F)c1C. The summed E-state index contributed by atoms with van der Waals surface area (Å²) in [6.07, 6.45) is -0.295. The maximum Gasteiger partial charge on any atom is 0.325 e. The van der Waals surface area contributed by atoms with Crippen molar-refractivity contribution in [2.45, 2.75) is 20.3 Å². The van der Waals surface area contributed by atoms with Crippen LogP contribution in [0.4, 0.5) is 19.3 Å². The molecule has 4 amide bonds. The summed E-state index contributed by atoms with van der Waals surface area (Å²) in [5, 5.41) is 6.84. The number of urea groups is 1. The summed E-state index contributed by atoms with van der Waals surface area (Å²) in [5.74, 6) is -4.33. The van der Waals surface area contributed by atoms with Crippen LogP contribution in [0.3, 0.4) is 0 Å². The van der Waals surface area contributed by atoms with Crippen LogP contribution in [0.1, 0.15) is 27.9 Å². The number of nitrogens with one attached hydrogen (secondary N) is 3. The number of esters is 1. The predicted molar refractivity (Wildman–Crippen MR) is 107 cm³/mol. The molecule has 0 unspecified atom stereocenters. The van der Waals surface area contributed by atoms with Gasteiger partial charge < -0.3 is 15.4 Å². The van der Waals surface area contributed by atoms with E-state index in [1.165, 1.54) is 0 Å². The second-order valence-electron chi connectivity index (χ2n) is 6.54. The average molecular weight is 433 g/mol. The molecule has 0 spiro atoms. The molecule has 0 bridgehead atoms. The molecule has 0 fully saturated rings. The summed E-state index contributed by atoms with van der Waals surface area (Å²) < 4.78 is 31.1. The molecule has 0 aliphatic rings. The maximum atomic E-state index is 13.5. The lowest BCUT2D eigenvalue weighted by molar-refractivity contribution is -0.148. The van der Waals surface area contributed by atoms with E-state index in [4.69, 9.17) is 4.74 Å². The standard InChI is InChI=1S/C21H21F2N3O5/c1-12-4-3-5-17(13(12)2)25-21(30)26-18(27)11-31-19(28)8-9-24-20(29)15-7-6-14(22)10-16(15)23/h3-7,10H,8-9,11H2,1-2H3,(H,24,29)(H2,25,26,27,30). The molecule has 2 rings (SSSR count). The third-order valence-electron chi connectivity index (χ3n) is 4.26. The number of halogens is 2. The molecule has 0 saturated carbocycles. The first kappa shape index (κ1) is 23.5. The first-order valence-corrected chi connectivity index (χ1v) is 9.23. The van der Waals surface area contributed by atoms with Crippen molar-refractivity contribution in [3.63, 3.8) is 0 Å². The second kappa shape index (κ2) is 10.8. The quantitative estimate of drug-likeness (QED) is 0.581. The Bertz CT molecular complexity index is 1010. The molecule has 8 nitrogen and oxygen atoms in total. The number of aryl methyl sites for hydroxylation is 1. The zero-order valence-corrected chi connectivity index (χ0v) is 16.9. The molecule has 0 heterocycles. The molecule has 0 aromatic heterocycles. The van der Waals surface area contributed by atoms with Crippen molar-refractivity contribution < 1.29 is 32.7 Å². The zero-order chi connectivity index (χ0) is 23.0. The van der Waals surface area contributed by atoms with Gasteiger partial charge >= 0.3 is 12.0 Å². The molecule has 0 radical (unpaired) electrons. The van der Waals surface area contributed by atoms with Gasteiger partial charge in [-0.2, -0.15) is 0 Å². The summed E-state index contributed by atoms with van der Waals surface area (Å²) in [5.41, 5.74) is 1.98. The highest BCUT2D eigenvalue weighted by Crippen LogP contribution is 2.17. The fourth-order valence-electron chi connectivity index (χ4n) is 2.47. The Kier molecular flexibility index (Phi) is 8.18. The smallest absolute Gasteiger partial charge is 0.325 e. The van der Waals surface area contributed by atoms with E-state index < -0.39 is 42.1 Å². The zero-order valence-electron chi connectivity index (χ0n) is 16.9. The minimum absolute atomic E-state index is 0.191. The largest absolute Gasteiger partial charge is 0.456 e. The van der Waals surface area contributed by atoms with Crippen molar-refractivity contribution in [3.8, 4) is 0 Å². The van der Waals surface area contributed by atoms with E-state index in [-0.39, 0.29) is 18.5 Å². The highest BCUT2D eigenvalue weighted by molar-refractivity contribution is 6.02. The van der Waals surface area contributed by atoms with Crippen LogP contribution in [-0.2, 0) is 14.3 Å². The molecular weight excluding hydrogens is 412 g/mol. The molecule has 0 aliphatic heterocycles. The average Bonchev–Trinajstić information content (AvgIpc) is 2.69. The normalized spacial score (nSPS) is 10.2. The van der Waals surface area contributed by atoms with Crippen molar-refractivity contribution in [2.24, 2.45) is 0 Å². The first-order chi connectivity index (χ1) is 14.7. The summed E-state index contributed by atoms with van der Waals surface area (Å²) in [7, 11) is 0. The molecule has 0 atom stereocenters. The molecule has 2 aromatic rings. The van der Waals surface area contributed by atoms with Crippen molar-refractivity contribution in [1.82, 2.24) is 10.6 Å². The molecule has 3 N–H and O–H groups in total. The van der Waals surface area contributed by atoms with E-state index in [2.05, 4.69) is 10.6 Å². The lowest BCUT2D eigenvalue weighted by Crippen LogP contribution is -2.37. The molecule has 31 heavy (non-hydrogen) atoms. The number of imide groups is 1. The third-order valence-corrected chi connectivity index (χ3v) is 4.26. The van der Waals surface area contributed by atoms with Crippen LogP contribution < -0.4 is 16.0 Å². The minimum Gasteiger partial charge on any atom is -0.456 e. The van der Waals surface area contributed by atoms with Crippen LogP contribution in [0.2, 0.25) is 0 Å². The van der Waals surface area contributed by atoms with Crippen molar-refractivity contribution >= 4 is 29.5 Å². The van der Waals surface area contributed by atoms with Gasteiger partial charge in [0.05, 0.1) is 12.0 Å². The third kappa shape index (κ3) is 7.18. The van der Waals surface area contributed by atoms with Gasteiger partial charge in [-0.05, 0) is 43.2 Å². The number of hydrogen-bond donors (Lipinski definition) is 3. The molecule has 0 saturated heterocycles. The predicted octanol–water partition coefficient (Wildman–Crippen LogP) is 2.59. The number of carbonyl (C=O) groups excluding carboxylic acids is 4. The summed E-state index contributed by atoms with van der Waals surface area (Å²) in [6.45, 7) is 2.81. The first-order valence-electron chi connectivity index (χ1n) is 9.23. The van der Waals surface area contributed by atoms with E-state index in [9.17, 15) is 28.0 Å². The Hall–Kier alpha value is -3.82. The fourth-order valence-corrected chi connectivity index (χ4v) is 2.47. The van der Waals surface area contributed by atoms with Crippen molar-refractivity contribution in [3.05, 3.63) is 64.7 Å². The van der Waals surface area contributed by atoms with Crippen molar-refractivity contribution in [2.75, 3.05) is 18.5 Å². The Morgan fingerprint density at radius 2 is 1.77 bits per heavy atom. The molecule has 164 valence electrons. The summed E-state index contributed by atoms with van der Waals surface area (Å²) in [4.78, 5) is 47.1. The van der Waals surface area contributed by atoms with Gasteiger partial charge in [0, 0.05) is 18.3 Å². The summed E-state index contributed by atoms with van der Waals surface area (Å²) >= 11 is 0. The Morgan fingerprint density at radius 1 is 1.03 bits per heavy atom. The summed E-state index contributed by atoms with van der Waals surface area (Å²) in [6, 6.07) is 7.01. The minimum atomic E-state index is -1.03. The lowest BCUT2D eigenvalue weighted by Gasteiger charge is -2.11. The lowest BCUT2D eigenvalue weighted by atomic mass is 10.1. The van der Waals surface area contributed by atoms with E-state index in [1.807, 2.05) is 25.2 Å². The van der Waals surface area contributed by atoms with Crippen LogP contribution in [0.15, 0.2) is 36.4 Å². The maximum absolute atomic E-state index is 13.5. The van der Waals surface area contributed by atoms with E-state index >= 15 is 0 Å². The van der Waals surface area contributed by atoms with Gasteiger partial charge in [-0.3, -0.25) is 19.7 Å². The van der Waals surface area contributed by atoms with Crippen LogP contribution in [0.25, 0.3) is 0 Å². The van der Waals surface area contributed by atoms with Crippen molar-refractivity contribution in [1.29, 1.82) is 0 Å². The highest BCUT2D eigenvalue weighted by Gasteiger charge is 2.14. The number of hydrogen-bond acceptors (Lipinski definition) is 5. The molecule has 0 aliphatic carbocycles. The van der Waals surface area contributed by atoms with Crippen LogP contribution in [-0.4, -0.2) is 37.0 Å². The molecular formula is C21H21F2N3O5.